The molecule has 2 N–H and O–H groups in total. The molecular formula is C12H10N2O3. The van der Waals surface area contributed by atoms with Crippen LogP contribution in [-0.4, -0.2) is 21.3 Å². The Morgan fingerprint density at radius 3 is 2.41 bits per heavy atom. The predicted molar refractivity (Wildman–Crippen MR) is 61.6 cm³/mol. The molecule has 17 heavy (non-hydrogen) atoms. The molecule has 0 aliphatic rings. The van der Waals surface area contributed by atoms with Crippen LogP contribution in [0.3, 0.4) is 0 Å². The van der Waals surface area contributed by atoms with Crippen LogP contribution in [0.5, 0.6) is 0 Å². The van der Waals surface area contributed by atoms with E-state index in [-0.39, 0.29) is 12.0 Å². The lowest BCUT2D eigenvalue weighted by Gasteiger charge is -2.01. The van der Waals surface area contributed by atoms with Crippen LogP contribution in [-0.2, 0) is 11.2 Å². The van der Waals surface area contributed by atoms with Gasteiger partial charge in [-0.05, 0) is 11.6 Å². The maximum absolute atomic E-state index is 10.8. The fraction of sp³-hybridized carbons (Fsp3) is 0.0833. The van der Waals surface area contributed by atoms with Gasteiger partial charge in [-0.2, -0.15) is 5.10 Å². The van der Waals surface area contributed by atoms with Gasteiger partial charge in [0.15, 0.2) is 0 Å². The summed E-state index contributed by atoms with van der Waals surface area (Å²) in [6.45, 7) is 0. The van der Waals surface area contributed by atoms with E-state index in [0.29, 0.717) is 5.69 Å². The van der Waals surface area contributed by atoms with Crippen LogP contribution in [0.2, 0.25) is 0 Å². The zero-order chi connectivity index (χ0) is 12.3. The van der Waals surface area contributed by atoms with Gasteiger partial charge in [-0.1, -0.05) is 24.3 Å². The number of rotatable bonds is 3. The normalized spacial score (nSPS) is 10.1. The summed E-state index contributed by atoms with van der Waals surface area (Å²) in [5.41, 5.74) is 1.95. The third-order valence-corrected chi connectivity index (χ3v) is 2.28. The first-order valence-corrected chi connectivity index (χ1v) is 5.02. The highest BCUT2D eigenvalue weighted by Gasteiger charge is 2.02. The lowest BCUT2D eigenvalue weighted by atomic mass is 10.1. The van der Waals surface area contributed by atoms with Crippen LogP contribution in [0.4, 0.5) is 0 Å². The first kappa shape index (κ1) is 11.1. The molecule has 0 fully saturated rings. The summed E-state index contributed by atoms with van der Waals surface area (Å²) >= 11 is 0. The Labute approximate surface area is 96.7 Å². The number of nitrogens with one attached hydrogen (secondary N) is 1. The summed E-state index contributed by atoms with van der Waals surface area (Å²) in [6.07, 6.45) is -0.000663. The van der Waals surface area contributed by atoms with Gasteiger partial charge in [0, 0.05) is 11.6 Å². The zero-order valence-corrected chi connectivity index (χ0v) is 8.88. The van der Waals surface area contributed by atoms with Gasteiger partial charge in [-0.3, -0.25) is 9.59 Å². The Hall–Kier alpha value is -2.43. The van der Waals surface area contributed by atoms with E-state index in [1.807, 2.05) is 0 Å². The second-order valence-electron chi connectivity index (χ2n) is 3.57. The van der Waals surface area contributed by atoms with Crippen molar-refractivity contribution in [3.8, 4) is 11.3 Å². The van der Waals surface area contributed by atoms with Gasteiger partial charge in [0.05, 0.1) is 12.1 Å². The zero-order valence-electron chi connectivity index (χ0n) is 8.88. The van der Waals surface area contributed by atoms with Crippen LogP contribution in [0, 0.1) is 0 Å². The molecule has 2 aromatic rings. The number of hydrogen-bond acceptors (Lipinski definition) is 3. The number of carboxylic acid groups (broad SMARTS) is 1. The first-order valence-electron chi connectivity index (χ1n) is 5.02. The van der Waals surface area contributed by atoms with Crippen molar-refractivity contribution in [2.24, 2.45) is 0 Å². The van der Waals surface area contributed by atoms with E-state index in [1.54, 1.807) is 30.3 Å². The van der Waals surface area contributed by atoms with Crippen LogP contribution in [0.25, 0.3) is 11.3 Å². The molecule has 0 amide bonds. The minimum Gasteiger partial charge on any atom is -0.481 e. The lowest BCUT2D eigenvalue weighted by Crippen LogP contribution is -2.05. The summed E-state index contributed by atoms with van der Waals surface area (Å²) < 4.78 is 0. The van der Waals surface area contributed by atoms with E-state index in [0.717, 1.165) is 11.1 Å². The molecule has 0 atom stereocenters. The predicted octanol–water partition coefficient (Wildman–Crippen LogP) is 1.06. The summed E-state index contributed by atoms with van der Waals surface area (Å²) in [6, 6.07) is 10.0. The minimum atomic E-state index is -0.861. The Kier molecular flexibility index (Phi) is 3.00. The van der Waals surface area contributed by atoms with Crippen molar-refractivity contribution in [1.29, 1.82) is 0 Å². The fourth-order valence-corrected chi connectivity index (χ4v) is 1.47. The summed E-state index contributed by atoms with van der Waals surface area (Å²) in [4.78, 5) is 21.4. The summed E-state index contributed by atoms with van der Waals surface area (Å²) in [5.74, 6) is -0.861. The largest absolute Gasteiger partial charge is 0.481 e. The number of carbonyl (C=O) groups is 1. The van der Waals surface area contributed by atoms with Crippen LogP contribution in [0.15, 0.2) is 41.2 Å². The molecule has 1 aromatic heterocycles. The molecule has 2 rings (SSSR count). The average Bonchev–Trinajstić information content (AvgIpc) is 2.30. The lowest BCUT2D eigenvalue weighted by molar-refractivity contribution is -0.136. The van der Waals surface area contributed by atoms with Crippen molar-refractivity contribution in [2.45, 2.75) is 6.42 Å². The summed E-state index contributed by atoms with van der Waals surface area (Å²) in [7, 11) is 0. The second-order valence-corrected chi connectivity index (χ2v) is 3.57. The number of benzene rings is 1. The van der Waals surface area contributed by atoms with E-state index in [2.05, 4.69) is 10.2 Å². The molecule has 0 saturated carbocycles. The van der Waals surface area contributed by atoms with Crippen molar-refractivity contribution >= 4 is 5.97 Å². The van der Waals surface area contributed by atoms with E-state index in [4.69, 9.17) is 5.11 Å². The Morgan fingerprint density at radius 1 is 1.18 bits per heavy atom. The monoisotopic (exact) mass is 230 g/mol. The molecule has 5 nitrogen and oxygen atoms in total. The molecule has 0 radical (unpaired) electrons. The molecule has 0 bridgehead atoms. The molecule has 0 spiro atoms. The van der Waals surface area contributed by atoms with Gasteiger partial charge < -0.3 is 5.11 Å². The Bertz CT molecular complexity index is 567. The SMILES string of the molecule is O=C(O)Cc1ccc(-c2ccc(=O)[nH]n2)cc1. The van der Waals surface area contributed by atoms with Crippen LogP contribution >= 0.6 is 0 Å². The van der Waals surface area contributed by atoms with Gasteiger partial charge in [0.2, 0.25) is 0 Å². The highest BCUT2D eigenvalue weighted by atomic mass is 16.4. The number of hydrogen-bond donors (Lipinski definition) is 2. The van der Waals surface area contributed by atoms with E-state index in [1.165, 1.54) is 6.07 Å². The number of nitrogens with zero attached hydrogens (tertiary/aromatic N) is 1. The number of aliphatic carboxylic acids is 1. The molecule has 1 aromatic carbocycles. The number of carboxylic acids is 1. The number of aromatic nitrogens is 2. The van der Waals surface area contributed by atoms with Crippen molar-refractivity contribution < 1.29 is 9.90 Å². The average molecular weight is 230 g/mol. The summed E-state index contributed by atoms with van der Waals surface area (Å²) in [5, 5.41) is 14.9. The van der Waals surface area contributed by atoms with Gasteiger partial charge in [0.1, 0.15) is 0 Å². The molecule has 0 unspecified atom stereocenters. The number of H-pyrrole nitrogens is 1. The molecule has 5 heteroatoms. The second kappa shape index (κ2) is 4.61. The number of aromatic amines is 1. The highest BCUT2D eigenvalue weighted by molar-refractivity contribution is 5.70. The van der Waals surface area contributed by atoms with Crippen molar-refractivity contribution in [3.05, 3.63) is 52.3 Å². The maximum Gasteiger partial charge on any atom is 0.307 e. The Morgan fingerprint density at radius 2 is 1.88 bits per heavy atom. The third-order valence-electron chi connectivity index (χ3n) is 2.28. The molecule has 0 aliphatic heterocycles. The Balaban J connectivity index is 2.26. The van der Waals surface area contributed by atoms with Crippen LogP contribution in [0.1, 0.15) is 5.56 Å². The maximum atomic E-state index is 10.8. The minimum absolute atomic E-state index is 0.000663. The standard InChI is InChI=1S/C12H10N2O3/c15-11-6-5-10(13-14-11)9-3-1-8(2-4-9)7-12(16)17/h1-6H,7H2,(H,14,15)(H,16,17). The molecular weight excluding hydrogens is 220 g/mol. The fourth-order valence-electron chi connectivity index (χ4n) is 1.47. The van der Waals surface area contributed by atoms with Gasteiger partial charge in [0.25, 0.3) is 5.56 Å². The molecule has 1 heterocycles. The molecule has 86 valence electrons. The van der Waals surface area contributed by atoms with Crippen LogP contribution < -0.4 is 5.56 Å². The van der Waals surface area contributed by atoms with Crippen molar-refractivity contribution in [3.63, 3.8) is 0 Å². The smallest absolute Gasteiger partial charge is 0.307 e. The van der Waals surface area contributed by atoms with Gasteiger partial charge >= 0.3 is 5.97 Å². The van der Waals surface area contributed by atoms with E-state index < -0.39 is 5.97 Å². The van der Waals surface area contributed by atoms with E-state index >= 15 is 0 Å². The molecule has 0 saturated heterocycles. The third kappa shape index (κ3) is 2.78. The van der Waals surface area contributed by atoms with Crippen molar-refractivity contribution in [2.75, 3.05) is 0 Å². The van der Waals surface area contributed by atoms with Crippen molar-refractivity contribution in [1.82, 2.24) is 10.2 Å². The first-order chi connectivity index (χ1) is 8.15. The van der Waals surface area contributed by atoms with Gasteiger partial charge in [-0.25, -0.2) is 5.10 Å². The molecule has 0 aliphatic carbocycles. The topological polar surface area (TPSA) is 83.0 Å². The highest BCUT2D eigenvalue weighted by Crippen LogP contribution is 2.15. The quantitative estimate of drug-likeness (QED) is 0.826. The van der Waals surface area contributed by atoms with E-state index in [9.17, 15) is 9.59 Å². The van der Waals surface area contributed by atoms with Gasteiger partial charge in [-0.15, -0.1) is 0 Å².